The minimum atomic E-state index is -4.12. The van der Waals surface area contributed by atoms with Gasteiger partial charge in [0.25, 0.3) is 5.69 Å². The molecule has 0 bridgehead atoms. The highest BCUT2D eigenvalue weighted by atomic mass is 32.2. The van der Waals surface area contributed by atoms with E-state index in [-0.39, 0.29) is 24.8 Å². The number of para-hydroxylation sites is 1. The summed E-state index contributed by atoms with van der Waals surface area (Å²) in [6.45, 7) is 2.46. The molecule has 3 rings (SSSR count). The molecule has 1 aromatic heterocycles. The highest BCUT2D eigenvalue weighted by Gasteiger charge is 2.32. The van der Waals surface area contributed by atoms with Crippen molar-refractivity contribution in [2.24, 2.45) is 0 Å². The second kappa shape index (κ2) is 10.2. The average Bonchev–Trinajstić information content (AvgIpc) is 3.26. The van der Waals surface area contributed by atoms with E-state index in [1.165, 1.54) is 36.2 Å². The van der Waals surface area contributed by atoms with Crippen LogP contribution in [0.4, 0.5) is 11.5 Å². The number of nitrogens with one attached hydrogen (secondary N) is 1. The highest BCUT2D eigenvalue weighted by molar-refractivity contribution is 7.98. The zero-order valence-electron chi connectivity index (χ0n) is 17.6. The van der Waals surface area contributed by atoms with Gasteiger partial charge in [-0.2, -0.15) is 0 Å². The van der Waals surface area contributed by atoms with E-state index in [0.29, 0.717) is 23.9 Å². The maximum Gasteiger partial charge on any atom is 0.343 e. The number of thioether (sulfide) groups is 1. The summed E-state index contributed by atoms with van der Waals surface area (Å²) in [5, 5.41) is 11.7. The number of aromatic nitrogens is 2. The summed E-state index contributed by atoms with van der Waals surface area (Å²) in [5.74, 6) is -0.170. The molecule has 1 aromatic carbocycles. The average molecular weight is 482 g/mol. The fourth-order valence-corrected chi connectivity index (χ4v) is 5.05. The number of hydrogen-bond donors (Lipinski definition) is 1. The number of nitro groups is 1. The van der Waals surface area contributed by atoms with Gasteiger partial charge in [0, 0.05) is 31.4 Å². The molecule has 32 heavy (non-hydrogen) atoms. The summed E-state index contributed by atoms with van der Waals surface area (Å²) >= 11 is 1.32. The van der Waals surface area contributed by atoms with Crippen molar-refractivity contribution in [1.29, 1.82) is 0 Å². The van der Waals surface area contributed by atoms with Crippen LogP contribution in [0, 0.1) is 10.1 Å². The fraction of sp³-hybridized carbons (Fsp3) is 0.421. The molecule has 0 aliphatic carbocycles. The van der Waals surface area contributed by atoms with Gasteiger partial charge >= 0.3 is 5.97 Å². The highest BCUT2D eigenvalue weighted by Crippen LogP contribution is 2.29. The van der Waals surface area contributed by atoms with Crippen LogP contribution in [0.5, 0.6) is 0 Å². The third-order valence-electron chi connectivity index (χ3n) is 4.93. The molecule has 1 unspecified atom stereocenters. The number of esters is 1. The van der Waals surface area contributed by atoms with E-state index in [1.54, 1.807) is 6.92 Å². The lowest BCUT2D eigenvalue weighted by molar-refractivity contribution is -0.387. The molecule has 2 aromatic rings. The molecule has 1 saturated heterocycles. The van der Waals surface area contributed by atoms with E-state index in [2.05, 4.69) is 14.7 Å². The molecule has 1 aliphatic rings. The number of rotatable bonds is 9. The molecule has 1 aliphatic heterocycles. The monoisotopic (exact) mass is 481 g/mol. The van der Waals surface area contributed by atoms with E-state index in [4.69, 9.17) is 4.74 Å². The standard InChI is InChI=1S/C19H23N5O6S2/c1-3-30-18(25)14-12-20-19(31-2)22-17(14)23-10-6-7-13(23)11-21-32(28,29)16-9-5-4-8-15(16)24(26)27/h4-5,8-9,12-13,21H,3,6-7,10-11H2,1-2H3. The van der Waals surface area contributed by atoms with Crippen molar-refractivity contribution in [2.45, 2.75) is 35.9 Å². The van der Waals surface area contributed by atoms with Gasteiger partial charge in [-0.1, -0.05) is 23.9 Å². The molecule has 1 atom stereocenters. The minimum absolute atomic E-state index is 0.00471. The number of carbonyl (C=O) groups excluding carboxylic acids is 1. The lowest BCUT2D eigenvalue weighted by Crippen LogP contribution is -2.41. The van der Waals surface area contributed by atoms with Gasteiger partial charge in [0.1, 0.15) is 11.4 Å². The molecule has 172 valence electrons. The van der Waals surface area contributed by atoms with Crippen molar-refractivity contribution < 1.29 is 22.9 Å². The van der Waals surface area contributed by atoms with Gasteiger partial charge < -0.3 is 9.64 Å². The maximum atomic E-state index is 12.8. The van der Waals surface area contributed by atoms with Crippen molar-refractivity contribution in [2.75, 3.05) is 30.9 Å². The molecule has 13 heteroatoms. The van der Waals surface area contributed by atoms with Gasteiger partial charge in [-0.05, 0) is 32.1 Å². The first-order chi connectivity index (χ1) is 15.3. The van der Waals surface area contributed by atoms with Crippen LogP contribution in [0.15, 0.2) is 40.5 Å². The van der Waals surface area contributed by atoms with Gasteiger partial charge in [0.05, 0.1) is 11.5 Å². The van der Waals surface area contributed by atoms with Crippen LogP contribution in [0.1, 0.15) is 30.1 Å². The summed E-state index contributed by atoms with van der Waals surface area (Å²) in [4.78, 5) is 33.0. The smallest absolute Gasteiger partial charge is 0.343 e. The van der Waals surface area contributed by atoms with E-state index >= 15 is 0 Å². The predicted octanol–water partition coefficient (Wildman–Crippen LogP) is 2.23. The number of anilines is 1. The van der Waals surface area contributed by atoms with Crippen LogP contribution in [-0.4, -0.2) is 61.3 Å². The Morgan fingerprint density at radius 2 is 2.16 bits per heavy atom. The Morgan fingerprint density at radius 1 is 1.41 bits per heavy atom. The largest absolute Gasteiger partial charge is 0.462 e. The Labute approximate surface area is 189 Å². The molecule has 1 N–H and O–H groups in total. The van der Waals surface area contributed by atoms with Crippen LogP contribution in [0.25, 0.3) is 0 Å². The summed E-state index contributed by atoms with van der Waals surface area (Å²) in [6.07, 6.45) is 4.64. The SMILES string of the molecule is CCOC(=O)c1cnc(SC)nc1N1CCCC1CNS(=O)(=O)c1ccccc1[N+](=O)[O-]. The first-order valence-electron chi connectivity index (χ1n) is 9.86. The summed E-state index contributed by atoms with van der Waals surface area (Å²) in [5.41, 5.74) is -0.286. The van der Waals surface area contributed by atoms with E-state index in [9.17, 15) is 23.3 Å². The third kappa shape index (κ3) is 5.16. The fourth-order valence-electron chi connectivity index (χ4n) is 3.47. The van der Waals surface area contributed by atoms with Crippen molar-refractivity contribution in [3.05, 3.63) is 46.1 Å². The molecular weight excluding hydrogens is 458 g/mol. The maximum absolute atomic E-state index is 12.8. The number of carbonyl (C=O) groups is 1. The number of ether oxygens (including phenoxy) is 1. The van der Waals surface area contributed by atoms with Crippen molar-refractivity contribution in [3.8, 4) is 0 Å². The van der Waals surface area contributed by atoms with E-state index < -0.39 is 31.5 Å². The Morgan fingerprint density at radius 3 is 2.84 bits per heavy atom. The van der Waals surface area contributed by atoms with Gasteiger partial charge in [-0.15, -0.1) is 0 Å². The van der Waals surface area contributed by atoms with Gasteiger partial charge in [-0.25, -0.2) is 27.9 Å². The molecule has 1 fully saturated rings. The second-order valence-electron chi connectivity index (χ2n) is 6.88. The van der Waals surface area contributed by atoms with Gasteiger partial charge in [0.15, 0.2) is 10.1 Å². The lowest BCUT2D eigenvalue weighted by atomic mass is 10.2. The predicted molar refractivity (Wildman–Crippen MR) is 118 cm³/mol. The topological polar surface area (TPSA) is 145 Å². The first-order valence-corrected chi connectivity index (χ1v) is 12.6. The summed E-state index contributed by atoms with van der Waals surface area (Å²) in [6, 6.07) is 4.88. The van der Waals surface area contributed by atoms with E-state index in [0.717, 1.165) is 12.5 Å². The minimum Gasteiger partial charge on any atom is -0.462 e. The number of sulfonamides is 1. The molecule has 0 spiro atoms. The molecule has 11 nitrogen and oxygen atoms in total. The molecule has 0 radical (unpaired) electrons. The van der Waals surface area contributed by atoms with Crippen LogP contribution < -0.4 is 9.62 Å². The zero-order valence-corrected chi connectivity index (χ0v) is 19.2. The summed E-state index contributed by atoms with van der Waals surface area (Å²) < 4.78 is 33.2. The Hall–Kier alpha value is -2.77. The quantitative estimate of drug-likeness (QED) is 0.186. The molecule has 2 heterocycles. The van der Waals surface area contributed by atoms with Crippen LogP contribution in [0.3, 0.4) is 0 Å². The van der Waals surface area contributed by atoms with Crippen molar-refractivity contribution in [3.63, 3.8) is 0 Å². The van der Waals surface area contributed by atoms with Crippen LogP contribution >= 0.6 is 11.8 Å². The van der Waals surface area contributed by atoms with Crippen molar-refractivity contribution in [1.82, 2.24) is 14.7 Å². The Bertz CT molecular complexity index is 1110. The Balaban J connectivity index is 1.86. The van der Waals surface area contributed by atoms with Gasteiger partial charge in [-0.3, -0.25) is 10.1 Å². The number of nitro benzene ring substituents is 1. The van der Waals surface area contributed by atoms with Gasteiger partial charge in [0.2, 0.25) is 10.0 Å². The number of benzene rings is 1. The lowest BCUT2D eigenvalue weighted by Gasteiger charge is -2.27. The molecule has 0 saturated carbocycles. The van der Waals surface area contributed by atoms with Crippen LogP contribution in [-0.2, 0) is 14.8 Å². The Kier molecular flexibility index (Phi) is 7.64. The summed E-state index contributed by atoms with van der Waals surface area (Å²) in [7, 11) is -4.12. The number of hydrogen-bond acceptors (Lipinski definition) is 10. The number of nitrogens with zero attached hydrogens (tertiary/aromatic N) is 4. The normalized spacial score (nSPS) is 16.2. The zero-order chi connectivity index (χ0) is 23.3. The van der Waals surface area contributed by atoms with Crippen LogP contribution in [0.2, 0.25) is 0 Å². The molecular formula is C19H23N5O6S2. The third-order valence-corrected chi connectivity index (χ3v) is 6.97. The first kappa shape index (κ1) is 23.9. The van der Waals surface area contributed by atoms with E-state index in [1.807, 2.05) is 11.2 Å². The van der Waals surface area contributed by atoms with Crippen molar-refractivity contribution >= 4 is 39.3 Å². The second-order valence-corrected chi connectivity index (χ2v) is 9.39. The molecule has 0 amide bonds.